The van der Waals surface area contributed by atoms with Crippen LogP contribution in [0.25, 0.3) is 0 Å². The number of ether oxygens (including phenoxy) is 1. The van der Waals surface area contributed by atoms with Crippen LogP contribution in [-0.2, 0) is 0 Å². The molecule has 1 saturated carbocycles. The van der Waals surface area contributed by atoms with Crippen LogP contribution in [0.2, 0.25) is 0 Å². The predicted molar refractivity (Wildman–Crippen MR) is 71.7 cm³/mol. The summed E-state index contributed by atoms with van der Waals surface area (Å²) >= 11 is 0. The molecule has 2 nitrogen and oxygen atoms in total. The van der Waals surface area contributed by atoms with Gasteiger partial charge in [0.05, 0.1) is 7.11 Å². The highest BCUT2D eigenvalue weighted by Crippen LogP contribution is 2.33. The van der Waals surface area contributed by atoms with Crippen molar-refractivity contribution in [3.05, 3.63) is 29.8 Å². The average molecular weight is 233 g/mol. The van der Waals surface area contributed by atoms with Crippen molar-refractivity contribution in [1.29, 1.82) is 0 Å². The van der Waals surface area contributed by atoms with Crippen molar-refractivity contribution >= 4 is 0 Å². The van der Waals surface area contributed by atoms with Gasteiger partial charge in [-0.2, -0.15) is 0 Å². The Bertz CT molecular complexity index is 351. The molecule has 2 atom stereocenters. The second-order valence-electron chi connectivity index (χ2n) is 4.98. The van der Waals surface area contributed by atoms with E-state index < -0.39 is 0 Å². The summed E-state index contributed by atoms with van der Waals surface area (Å²) in [5.74, 6) is 1.66. The SMILES string of the molecule is CNC1CCCCC(c2cccc(OC)c2)C1. The summed E-state index contributed by atoms with van der Waals surface area (Å²) in [4.78, 5) is 0. The van der Waals surface area contributed by atoms with Gasteiger partial charge in [-0.25, -0.2) is 0 Å². The van der Waals surface area contributed by atoms with Crippen LogP contribution in [0.3, 0.4) is 0 Å². The molecule has 0 amide bonds. The Kier molecular flexibility index (Phi) is 4.43. The number of methoxy groups -OCH3 is 1. The molecule has 94 valence electrons. The molecule has 1 aliphatic carbocycles. The van der Waals surface area contributed by atoms with Gasteiger partial charge in [0, 0.05) is 6.04 Å². The highest BCUT2D eigenvalue weighted by Gasteiger charge is 2.20. The molecule has 2 unspecified atom stereocenters. The van der Waals surface area contributed by atoms with E-state index >= 15 is 0 Å². The first-order valence-electron chi connectivity index (χ1n) is 6.64. The highest BCUT2D eigenvalue weighted by atomic mass is 16.5. The van der Waals surface area contributed by atoms with Gasteiger partial charge in [0.1, 0.15) is 5.75 Å². The Morgan fingerprint density at radius 3 is 2.82 bits per heavy atom. The molecule has 1 aromatic carbocycles. The van der Waals surface area contributed by atoms with Crippen molar-refractivity contribution in [2.45, 2.75) is 44.1 Å². The number of nitrogens with one attached hydrogen (secondary N) is 1. The van der Waals surface area contributed by atoms with Gasteiger partial charge in [0.25, 0.3) is 0 Å². The third-order valence-electron chi connectivity index (χ3n) is 3.90. The maximum Gasteiger partial charge on any atom is 0.119 e. The largest absolute Gasteiger partial charge is 0.497 e. The maximum absolute atomic E-state index is 5.31. The molecule has 1 N–H and O–H groups in total. The van der Waals surface area contributed by atoms with Crippen LogP contribution in [0.4, 0.5) is 0 Å². The van der Waals surface area contributed by atoms with E-state index in [1.807, 2.05) is 6.07 Å². The predicted octanol–water partition coefficient (Wildman–Crippen LogP) is 3.33. The molecule has 1 aromatic rings. The zero-order valence-corrected chi connectivity index (χ0v) is 10.9. The Hall–Kier alpha value is -1.02. The maximum atomic E-state index is 5.31. The summed E-state index contributed by atoms with van der Waals surface area (Å²) in [7, 11) is 3.82. The van der Waals surface area contributed by atoms with Crippen LogP contribution in [-0.4, -0.2) is 20.2 Å². The molecule has 1 fully saturated rings. The van der Waals surface area contributed by atoms with E-state index in [1.54, 1.807) is 7.11 Å². The lowest BCUT2D eigenvalue weighted by molar-refractivity contribution is 0.412. The van der Waals surface area contributed by atoms with E-state index in [0.717, 1.165) is 5.75 Å². The first-order valence-corrected chi connectivity index (χ1v) is 6.64. The van der Waals surface area contributed by atoms with E-state index in [1.165, 1.54) is 37.7 Å². The molecule has 1 aliphatic rings. The lowest BCUT2D eigenvalue weighted by Crippen LogP contribution is -2.25. The van der Waals surface area contributed by atoms with Gasteiger partial charge in [-0.3, -0.25) is 0 Å². The van der Waals surface area contributed by atoms with E-state index in [0.29, 0.717) is 12.0 Å². The van der Waals surface area contributed by atoms with Gasteiger partial charge >= 0.3 is 0 Å². The van der Waals surface area contributed by atoms with Crippen molar-refractivity contribution in [2.75, 3.05) is 14.2 Å². The molecule has 0 aliphatic heterocycles. The fourth-order valence-electron chi connectivity index (χ4n) is 2.82. The van der Waals surface area contributed by atoms with Gasteiger partial charge in [0.2, 0.25) is 0 Å². The number of hydrogen-bond acceptors (Lipinski definition) is 2. The molecule has 0 saturated heterocycles. The highest BCUT2D eigenvalue weighted by molar-refractivity contribution is 5.31. The standard InChI is InChI=1S/C15H23NO/c1-16-14-8-4-3-6-12(10-14)13-7-5-9-15(11-13)17-2/h5,7,9,11-12,14,16H,3-4,6,8,10H2,1-2H3. The smallest absolute Gasteiger partial charge is 0.119 e. The Balaban J connectivity index is 2.13. The topological polar surface area (TPSA) is 21.3 Å². The molecule has 2 heteroatoms. The van der Waals surface area contributed by atoms with Gasteiger partial charge in [-0.15, -0.1) is 0 Å². The summed E-state index contributed by atoms with van der Waals surface area (Å²) in [5.41, 5.74) is 1.44. The summed E-state index contributed by atoms with van der Waals surface area (Å²) in [6, 6.07) is 9.24. The second-order valence-corrected chi connectivity index (χ2v) is 4.98. The minimum Gasteiger partial charge on any atom is -0.497 e. The van der Waals surface area contributed by atoms with Crippen LogP contribution >= 0.6 is 0 Å². The number of rotatable bonds is 3. The first-order chi connectivity index (χ1) is 8.33. The zero-order valence-electron chi connectivity index (χ0n) is 10.9. The first kappa shape index (κ1) is 12.4. The van der Waals surface area contributed by atoms with E-state index in [-0.39, 0.29) is 0 Å². The van der Waals surface area contributed by atoms with Crippen molar-refractivity contribution in [3.8, 4) is 5.75 Å². The van der Waals surface area contributed by atoms with Gasteiger partial charge in [0.15, 0.2) is 0 Å². The van der Waals surface area contributed by atoms with Crippen LogP contribution < -0.4 is 10.1 Å². The van der Waals surface area contributed by atoms with Crippen molar-refractivity contribution in [1.82, 2.24) is 5.32 Å². The summed E-state index contributed by atoms with van der Waals surface area (Å²) in [6.07, 6.45) is 6.58. The lowest BCUT2D eigenvalue weighted by atomic mass is 9.90. The summed E-state index contributed by atoms with van der Waals surface area (Å²) in [5, 5.41) is 3.44. The number of hydrogen-bond donors (Lipinski definition) is 1. The second kappa shape index (κ2) is 6.06. The van der Waals surface area contributed by atoms with Crippen molar-refractivity contribution in [2.24, 2.45) is 0 Å². The Labute approximate surface area is 104 Å². The third-order valence-corrected chi connectivity index (χ3v) is 3.90. The minimum absolute atomic E-state index is 0.675. The molecular formula is C15H23NO. The van der Waals surface area contributed by atoms with Crippen LogP contribution in [0.5, 0.6) is 5.75 Å². The Morgan fingerprint density at radius 1 is 1.24 bits per heavy atom. The fourth-order valence-corrected chi connectivity index (χ4v) is 2.82. The van der Waals surface area contributed by atoms with Gasteiger partial charge < -0.3 is 10.1 Å². The van der Waals surface area contributed by atoms with E-state index in [2.05, 4.69) is 30.6 Å². The lowest BCUT2D eigenvalue weighted by Gasteiger charge is -2.20. The molecule has 0 spiro atoms. The summed E-state index contributed by atoms with van der Waals surface area (Å²) < 4.78 is 5.31. The molecule has 0 bridgehead atoms. The monoisotopic (exact) mass is 233 g/mol. The summed E-state index contributed by atoms with van der Waals surface area (Å²) in [6.45, 7) is 0. The van der Waals surface area contributed by atoms with Crippen molar-refractivity contribution < 1.29 is 4.74 Å². The third kappa shape index (κ3) is 3.22. The van der Waals surface area contributed by atoms with Crippen LogP contribution in [0.15, 0.2) is 24.3 Å². The molecular weight excluding hydrogens is 210 g/mol. The van der Waals surface area contributed by atoms with Crippen LogP contribution in [0.1, 0.15) is 43.6 Å². The zero-order chi connectivity index (χ0) is 12.1. The normalized spacial score (nSPS) is 25.3. The average Bonchev–Trinajstić information content (AvgIpc) is 2.64. The molecule has 0 heterocycles. The molecule has 0 radical (unpaired) electrons. The molecule has 2 rings (SSSR count). The molecule has 17 heavy (non-hydrogen) atoms. The number of benzene rings is 1. The van der Waals surface area contributed by atoms with Gasteiger partial charge in [-0.1, -0.05) is 25.0 Å². The van der Waals surface area contributed by atoms with E-state index in [9.17, 15) is 0 Å². The quantitative estimate of drug-likeness (QED) is 0.809. The van der Waals surface area contributed by atoms with E-state index in [4.69, 9.17) is 4.74 Å². The Morgan fingerprint density at radius 2 is 2.06 bits per heavy atom. The fraction of sp³-hybridized carbons (Fsp3) is 0.600. The van der Waals surface area contributed by atoms with Gasteiger partial charge in [-0.05, 0) is 49.9 Å². The molecule has 0 aromatic heterocycles. The minimum atomic E-state index is 0.675. The van der Waals surface area contributed by atoms with Crippen molar-refractivity contribution in [3.63, 3.8) is 0 Å². The van der Waals surface area contributed by atoms with Crippen LogP contribution in [0, 0.1) is 0 Å².